The van der Waals surface area contributed by atoms with E-state index < -0.39 is 0 Å². The molecule has 116 valence electrons. The molecule has 1 aliphatic carbocycles. The van der Waals surface area contributed by atoms with Gasteiger partial charge in [0.15, 0.2) is 5.13 Å². The highest BCUT2D eigenvalue weighted by Gasteiger charge is 2.36. The molecule has 5 heteroatoms. The summed E-state index contributed by atoms with van der Waals surface area (Å²) in [6.45, 7) is 0. The number of para-hydroxylation sites is 1. The van der Waals surface area contributed by atoms with Gasteiger partial charge in [-0.15, -0.1) is 0 Å². The number of nitrogens with zero attached hydrogens (tertiary/aromatic N) is 2. The number of fused-ring (bicyclic) bond motifs is 1. The van der Waals surface area contributed by atoms with Crippen molar-refractivity contribution in [1.82, 2.24) is 4.98 Å². The second-order valence-corrected chi connectivity index (χ2v) is 6.62. The highest BCUT2D eigenvalue weighted by atomic mass is 32.1. The second kappa shape index (κ2) is 5.66. The van der Waals surface area contributed by atoms with E-state index in [4.69, 9.17) is 4.74 Å². The maximum absolute atomic E-state index is 12.8. The summed E-state index contributed by atoms with van der Waals surface area (Å²) in [5, 5.41) is 0.719. The molecule has 0 N–H and O–H groups in total. The first-order valence-corrected chi connectivity index (χ1v) is 8.41. The largest absolute Gasteiger partial charge is 0.497 e. The van der Waals surface area contributed by atoms with Crippen LogP contribution in [-0.4, -0.2) is 18.0 Å². The van der Waals surface area contributed by atoms with Crippen LogP contribution in [0.5, 0.6) is 5.75 Å². The van der Waals surface area contributed by atoms with Crippen molar-refractivity contribution in [2.45, 2.75) is 12.8 Å². The first-order chi connectivity index (χ1) is 11.3. The molecule has 4 nitrogen and oxygen atoms in total. The van der Waals surface area contributed by atoms with Crippen molar-refractivity contribution < 1.29 is 9.53 Å². The molecule has 3 aromatic rings. The molecule has 23 heavy (non-hydrogen) atoms. The average Bonchev–Trinajstić information content (AvgIpc) is 3.35. The van der Waals surface area contributed by atoms with Crippen molar-refractivity contribution in [2.24, 2.45) is 5.92 Å². The number of hydrogen-bond acceptors (Lipinski definition) is 4. The van der Waals surface area contributed by atoms with Gasteiger partial charge in [0.1, 0.15) is 5.75 Å². The number of carbonyl (C=O) groups excluding carboxylic acids is 1. The van der Waals surface area contributed by atoms with Crippen molar-refractivity contribution >= 4 is 38.3 Å². The minimum absolute atomic E-state index is 0.119. The molecular formula is C18H16N2O2S. The molecule has 1 saturated carbocycles. The van der Waals surface area contributed by atoms with Crippen LogP contribution < -0.4 is 9.64 Å². The van der Waals surface area contributed by atoms with Crippen LogP contribution in [-0.2, 0) is 4.79 Å². The van der Waals surface area contributed by atoms with Crippen LogP contribution in [0.15, 0.2) is 48.5 Å². The number of anilines is 2. The van der Waals surface area contributed by atoms with Gasteiger partial charge in [-0.1, -0.05) is 29.5 Å². The predicted molar refractivity (Wildman–Crippen MR) is 92.5 cm³/mol. The maximum Gasteiger partial charge on any atom is 0.236 e. The highest BCUT2D eigenvalue weighted by molar-refractivity contribution is 7.22. The normalized spacial score (nSPS) is 14.0. The number of benzene rings is 2. The molecule has 1 fully saturated rings. The number of aromatic nitrogens is 1. The van der Waals surface area contributed by atoms with Gasteiger partial charge < -0.3 is 4.74 Å². The van der Waals surface area contributed by atoms with Crippen LogP contribution in [0.1, 0.15) is 12.8 Å². The van der Waals surface area contributed by atoms with Gasteiger partial charge in [0.25, 0.3) is 0 Å². The Morgan fingerprint density at radius 3 is 2.78 bits per heavy atom. The van der Waals surface area contributed by atoms with Crippen molar-refractivity contribution in [1.29, 1.82) is 0 Å². The van der Waals surface area contributed by atoms with E-state index in [0.29, 0.717) is 0 Å². The third-order valence-electron chi connectivity index (χ3n) is 3.93. The van der Waals surface area contributed by atoms with Crippen LogP contribution in [0.2, 0.25) is 0 Å². The molecule has 0 saturated heterocycles. The lowest BCUT2D eigenvalue weighted by molar-refractivity contribution is -0.119. The summed E-state index contributed by atoms with van der Waals surface area (Å²) in [5.41, 5.74) is 1.73. The monoisotopic (exact) mass is 324 g/mol. The van der Waals surface area contributed by atoms with Gasteiger partial charge in [0.05, 0.1) is 23.0 Å². The topological polar surface area (TPSA) is 42.4 Å². The molecular weight excluding hydrogens is 308 g/mol. The first-order valence-electron chi connectivity index (χ1n) is 7.60. The van der Waals surface area contributed by atoms with Crippen LogP contribution in [0.3, 0.4) is 0 Å². The van der Waals surface area contributed by atoms with Gasteiger partial charge in [0, 0.05) is 12.0 Å². The molecule has 0 spiro atoms. The lowest BCUT2D eigenvalue weighted by Gasteiger charge is -2.20. The Morgan fingerprint density at radius 1 is 1.22 bits per heavy atom. The highest BCUT2D eigenvalue weighted by Crippen LogP contribution is 2.40. The molecule has 1 aliphatic rings. The zero-order valence-corrected chi connectivity index (χ0v) is 13.5. The van der Waals surface area contributed by atoms with Crippen molar-refractivity contribution in [2.75, 3.05) is 12.0 Å². The van der Waals surface area contributed by atoms with Crippen LogP contribution >= 0.6 is 11.3 Å². The lowest BCUT2D eigenvalue weighted by Crippen LogP contribution is -2.27. The van der Waals surface area contributed by atoms with Gasteiger partial charge in [-0.3, -0.25) is 9.69 Å². The van der Waals surface area contributed by atoms with Crippen molar-refractivity contribution in [3.05, 3.63) is 48.5 Å². The summed E-state index contributed by atoms with van der Waals surface area (Å²) in [5.74, 6) is 0.975. The molecule has 0 atom stereocenters. The first kappa shape index (κ1) is 14.2. The van der Waals surface area contributed by atoms with Crippen molar-refractivity contribution in [3.63, 3.8) is 0 Å². The van der Waals surface area contributed by atoms with Crippen LogP contribution in [0, 0.1) is 5.92 Å². The Hall–Kier alpha value is -2.40. The van der Waals surface area contributed by atoms with E-state index in [0.717, 1.165) is 39.6 Å². The van der Waals surface area contributed by atoms with E-state index in [-0.39, 0.29) is 11.8 Å². The van der Waals surface area contributed by atoms with E-state index in [1.165, 1.54) is 0 Å². The molecule has 0 aliphatic heterocycles. The third kappa shape index (κ3) is 2.68. The minimum Gasteiger partial charge on any atom is -0.497 e. The Labute approximate surface area is 138 Å². The minimum atomic E-state index is 0.119. The molecule has 0 bridgehead atoms. The van der Waals surface area contributed by atoms with Crippen LogP contribution in [0.25, 0.3) is 10.2 Å². The number of carbonyl (C=O) groups is 1. The summed E-state index contributed by atoms with van der Waals surface area (Å²) in [6.07, 6.45) is 1.92. The Kier molecular flexibility index (Phi) is 3.50. The Bertz CT molecular complexity index is 837. The SMILES string of the molecule is COc1cccc(N(C(=O)C2CC2)c2nc3ccccc3s2)c1. The average molecular weight is 324 g/mol. The van der Waals surface area contributed by atoms with Gasteiger partial charge in [0.2, 0.25) is 5.91 Å². The number of hydrogen-bond donors (Lipinski definition) is 0. The smallest absolute Gasteiger partial charge is 0.236 e. The second-order valence-electron chi connectivity index (χ2n) is 5.61. The number of thiazole rings is 1. The fourth-order valence-corrected chi connectivity index (χ4v) is 3.54. The number of rotatable bonds is 4. The lowest BCUT2D eigenvalue weighted by atomic mass is 10.2. The summed E-state index contributed by atoms with van der Waals surface area (Å²) in [4.78, 5) is 19.2. The fourth-order valence-electron chi connectivity index (χ4n) is 2.55. The van der Waals surface area contributed by atoms with E-state index in [9.17, 15) is 4.79 Å². The molecule has 1 heterocycles. The fraction of sp³-hybridized carbons (Fsp3) is 0.222. The molecule has 1 amide bonds. The summed E-state index contributed by atoms with van der Waals surface area (Å²) >= 11 is 1.54. The molecule has 0 unspecified atom stereocenters. The summed E-state index contributed by atoms with van der Waals surface area (Å²) < 4.78 is 6.38. The van der Waals surface area contributed by atoms with E-state index >= 15 is 0 Å². The van der Waals surface area contributed by atoms with Crippen LogP contribution in [0.4, 0.5) is 10.8 Å². The quantitative estimate of drug-likeness (QED) is 0.715. The predicted octanol–water partition coefficient (Wildman–Crippen LogP) is 4.38. The Balaban J connectivity index is 1.82. The Morgan fingerprint density at radius 2 is 2.04 bits per heavy atom. The van der Waals surface area contributed by atoms with Gasteiger partial charge in [-0.05, 0) is 37.1 Å². The number of methoxy groups -OCH3 is 1. The molecule has 0 radical (unpaired) electrons. The zero-order chi connectivity index (χ0) is 15.8. The van der Waals surface area contributed by atoms with Crippen molar-refractivity contribution in [3.8, 4) is 5.75 Å². The van der Waals surface area contributed by atoms with E-state index in [2.05, 4.69) is 4.98 Å². The zero-order valence-electron chi connectivity index (χ0n) is 12.7. The molecule has 4 rings (SSSR count). The summed E-state index contributed by atoms with van der Waals surface area (Å²) in [7, 11) is 1.63. The molecule has 2 aromatic carbocycles. The third-order valence-corrected chi connectivity index (χ3v) is 4.95. The molecule has 1 aromatic heterocycles. The number of ether oxygens (including phenoxy) is 1. The standard InChI is InChI=1S/C18H16N2O2S/c1-22-14-6-4-5-13(11-14)20(17(21)12-9-10-12)18-19-15-7-2-3-8-16(15)23-18/h2-8,11-12H,9-10H2,1H3. The van der Waals surface area contributed by atoms with Gasteiger partial charge in [-0.2, -0.15) is 0 Å². The maximum atomic E-state index is 12.8. The van der Waals surface area contributed by atoms with E-state index in [1.54, 1.807) is 23.3 Å². The summed E-state index contributed by atoms with van der Waals surface area (Å²) in [6, 6.07) is 15.5. The van der Waals surface area contributed by atoms with Gasteiger partial charge >= 0.3 is 0 Å². The van der Waals surface area contributed by atoms with E-state index in [1.807, 2.05) is 48.5 Å². The van der Waals surface area contributed by atoms with Gasteiger partial charge in [-0.25, -0.2) is 4.98 Å². The number of amides is 1.